The van der Waals surface area contributed by atoms with E-state index in [2.05, 4.69) is 10.2 Å². The number of hydrogen-bond acceptors (Lipinski definition) is 3. The summed E-state index contributed by atoms with van der Waals surface area (Å²) in [6, 6.07) is 15.2. The molecule has 148 valence electrons. The van der Waals surface area contributed by atoms with Gasteiger partial charge in [0.2, 0.25) is 5.91 Å². The first-order valence-electron chi connectivity index (χ1n) is 9.64. The highest BCUT2D eigenvalue weighted by Crippen LogP contribution is 2.13. The first kappa shape index (κ1) is 20.0. The van der Waals surface area contributed by atoms with Crippen molar-refractivity contribution in [3.05, 3.63) is 71.5 Å². The molecular formula is C22H26FN3O2. The number of rotatable bonds is 5. The number of nitrogens with one attached hydrogen (secondary N) is 1. The smallest absolute Gasteiger partial charge is 0.253 e. The van der Waals surface area contributed by atoms with Crippen molar-refractivity contribution in [2.45, 2.75) is 19.4 Å². The summed E-state index contributed by atoms with van der Waals surface area (Å²) in [5, 5.41) is 2.96. The van der Waals surface area contributed by atoms with Gasteiger partial charge in [0.15, 0.2) is 0 Å². The number of benzene rings is 2. The van der Waals surface area contributed by atoms with Gasteiger partial charge >= 0.3 is 0 Å². The normalized spacial score (nSPS) is 16.3. The fourth-order valence-electron chi connectivity index (χ4n) is 3.42. The minimum absolute atomic E-state index is 0.0387. The molecule has 1 N–H and O–H groups in total. The summed E-state index contributed by atoms with van der Waals surface area (Å²) in [6.45, 7) is 4.91. The Morgan fingerprint density at radius 2 is 1.71 bits per heavy atom. The zero-order valence-electron chi connectivity index (χ0n) is 16.1. The average molecular weight is 383 g/mol. The van der Waals surface area contributed by atoms with Crippen molar-refractivity contribution in [1.29, 1.82) is 0 Å². The van der Waals surface area contributed by atoms with Gasteiger partial charge in [-0.05, 0) is 43.2 Å². The SMILES string of the molecule is CC(NC(=O)CN1CCCN(C(=O)c2ccccc2)CC1)c1ccc(F)cc1. The van der Waals surface area contributed by atoms with Gasteiger partial charge in [-0.1, -0.05) is 30.3 Å². The van der Waals surface area contributed by atoms with E-state index in [1.165, 1.54) is 12.1 Å². The van der Waals surface area contributed by atoms with E-state index in [0.717, 1.165) is 18.5 Å². The van der Waals surface area contributed by atoms with E-state index < -0.39 is 0 Å². The summed E-state index contributed by atoms with van der Waals surface area (Å²) >= 11 is 0. The molecule has 0 bridgehead atoms. The molecule has 1 aliphatic rings. The Kier molecular flexibility index (Phi) is 6.76. The van der Waals surface area contributed by atoms with Gasteiger partial charge in [-0.3, -0.25) is 14.5 Å². The third-order valence-electron chi connectivity index (χ3n) is 5.01. The molecule has 1 fully saturated rings. The van der Waals surface area contributed by atoms with Crippen LogP contribution >= 0.6 is 0 Å². The Hall–Kier alpha value is -2.73. The summed E-state index contributed by atoms with van der Waals surface area (Å²) in [6.07, 6.45) is 0.833. The highest BCUT2D eigenvalue weighted by atomic mass is 19.1. The molecule has 2 aromatic carbocycles. The van der Waals surface area contributed by atoms with Crippen LogP contribution in [0.3, 0.4) is 0 Å². The quantitative estimate of drug-likeness (QED) is 0.864. The van der Waals surface area contributed by atoms with Crippen molar-refractivity contribution < 1.29 is 14.0 Å². The number of carbonyl (C=O) groups excluding carboxylic acids is 2. The topological polar surface area (TPSA) is 52.7 Å². The monoisotopic (exact) mass is 383 g/mol. The second-order valence-electron chi connectivity index (χ2n) is 7.13. The lowest BCUT2D eigenvalue weighted by Gasteiger charge is -2.22. The van der Waals surface area contributed by atoms with E-state index in [4.69, 9.17) is 0 Å². The maximum absolute atomic E-state index is 13.0. The van der Waals surface area contributed by atoms with Crippen LogP contribution in [0, 0.1) is 5.82 Å². The van der Waals surface area contributed by atoms with Gasteiger partial charge < -0.3 is 10.2 Å². The molecule has 1 saturated heterocycles. The molecule has 0 saturated carbocycles. The third-order valence-corrected chi connectivity index (χ3v) is 5.01. The van der Waals surface area contributed by atoms with Crippen LogP contribution < -0.4 is 5.32 Å². The molecule has 1 unspecified atom stereocenters. The van der Waals surface area contributed by atoms with E-state index in [0.29, 0.717) is 31.7 Å². The van der Waals surface area contributed by atoms with Crippen molar-refractivity contribution in [3.8, 4) is 0 Å². The third kappa shape index (κ3) is 5.39. The zero-order chi connectivity index (χ0) is 19.9. The van der Waals surface area contributed by atoms with Crippen molar-refractivity contribution in [3.63, 3.8) is 0 Å². The maximum atomic E-state index is 13.0. The van der Waals surface area contributed by atoms with E-state index in [9.17, 15) is 14.0 Å². The van der Waals surface area contributed by atoms with Crippen molar-refractivity contribution in [2.24, 2.45) is 0 Å². The Labute approximate surface area is 165 Å². The van der Waals surface area contributed by atoms with Crippen molar-refractivity contribution in [2.75, 3.05) is 32.7 Å². The molecule has 0 spiro atoms. The molecule has 0 aliphatic carbocycles. The van der Waals surface area contributed by atoms with Crippen LogP contribution in [-0.2, 0) is 4.79 Å². The number of amides is 2. The minimum Gasteiger partial charge on any atom is -0.348 e. The van der Waals surface area contributed by atoms with Crippen LogP contribution in [0.4, 0.5) is 4.39 Å². The molecule has 0 radical (unpaired) electrons. The summed E-state index contributed by atoms with van der Waals surface area (Å²) in [4.78, 5) is 28.9. The first-order chi connectivity index (χ1) is 13.5. The molecule has 1 heterocycles. The maximum Gasteiger partial charge on any atom is 0.253 e. The zero-order valence-corrected chi connectivity index (χ0v) is 16.1. The van der Waals surface area contributed by atoms with Crippen LogP contribution in [0.1, 0.15) is 35.3 Å². The number of hydrogen-bond donors (Lipinski definition) is 1. The van der Waals surface area contributed by atoms with Crippen molar-refractivity contribution in [1.82, 2.24) is 15.1 Å². The highest BCUT2D eigenvalue weighted by molar-refractivity contribution is 5.94. The summed E-state index contributed by atoms with van der Waals surface area (Å²) < 4.78 is 13.0. The predicted molar refractivity (Wildman–Crippen MR) is 106 cm³/mol. The molecule has 1 aliphatic heterocycles. The summed E-state index contributed by atoms with van der Waals surface area (Å²) in [5.41, 5.74) is 1.56. The molecule has 5 nitrogen and oxygen atoms in total. The Morgan fingerprint density at radius 1 is 1.00 bits per heavy atom. The van der Waals surface area contributed by atoms with Gasteiger partial charge in [0.25, 0.3) is 5.91 Å². The molecule has 0 aromatic heterocycles. The van der Waals surface area contributed by atoms with Gasteiger partial charge in [0, 0.05) is 31.7 Å². The molecule has 2 amide bonds. The molecule has 2 aromatic rings. The summed E-state index contributed by atoms with van der Waals surface area (Å²) in [5.74, 6) is -0.321. The van der Waals surface area contributed by atoms with Gasteiger partial charge in [0.05, 0.1) is 12.6 Å². The fraction of sp³-hybridized carbons (Fsp3) is 0.364. The lowest BCUT2D eigenvalue weighted by Crippen LogP contribution is -2.40. The van der Waals surface area contributed by atoms with E-state index >= 15 is 0 Å². The van der Waals surface area contributed by atoms with Crippen LogP contribution in [0.25, 0.3) is 0 Å². The molecular weight excluding hydrogens is 357 g/mol. The largest absolute Gasteiger partial charge is 0.348 e. The fourth-order valence-corrected chi connectivity index (χ4v) is 3.42. The minimum atomic E-state index is -0.290. The molecule has 1 atom stereocenters. The molecule has 3 rings (SSSR count). The average Bonchev–Trinajstić information content (AvgIpc) is 2.94. The highest BCUT2D eigenvalue weighted by Gasteiger charge is 2.21. The Balaban J connectivity index is 1.49. The lowest BCUT2D eigenvalue weighted by molar-refractivity contribution is -0.122. The standard InChI is InChI=1S/C22H26FN3O2/c1-17(18-8-10-20(23)11-9-18)24-21(27)16-25-12-5-13-26(15-14-25)22(28)19-6-3-2-4-7-19/h2-4,6-11,17H,5,12-16H2,1H3,(H,24,27). The summed E-state index contributed by atoms with van der Waals surface area (Å²) in [7, 11) is 0. The molecule has 28 heavy (non-hydrogen) atoms. The van der Waals surface area contributed by atoms with E-state index in [1.54, 1.807) is 12.1 Å². The van der Waals surface area contributed by atoms with Crippen LogP contribution in [-0.4, -0.2) is 54.3 Å². The molecule has 6 heteroatoms. The number of carbonyl (C=O) groups is 2. The van der Waals surface area contributed by atoms with Gasteiger partial charge in [-0.2, -0.15) is 0 Å². The Bertz CT molecular complexity index is 795. The Morgan fingerprint density at radius 3 is 2.43 bits per heavy atom. The first-order valence-corrected chi connectivity index (χ1v) is 9.64. The van der Waals surface area contributed by atoms with Crippen LogP contribution in [0.15, 0.2) is 54.6 Å². The van der Waals surface area contributed by atoms with Crippen LogP contribution in [0.2, 0.25) is 0 Å². The van der Waals surface area contributed by atoms with E-state index in [1.807, 2.05) is 42.2 Å². The van der Waals surface area contributed by atoms with E-state index in [-0.39, 0.29) is 23.7 Å². The predicted octanol–water partition coefficient (Wildman–Crippen LogP) is 2.85. The van der Waals surface area contributed by atoms with Gasteiger partial charge in [-0.15, -0.1) is 0 Å². The second kappa shape index (κ2) is 9.46. The van der Waals surface area contributed by atoms with Gasteiger partial charge in [0.1, 0.15) is 5.82 Å². The number of halogens is 1. The lowest BCUT2D eigenvalue weighted by atomic mass is 10.1. The van der Waals surface area contributed by atoms with Crippen LogP contribution in [0.5, 0.6) is 0 Å². The second-order valence-corrected chi connectivity index (χ2v) is 7.13. The number of nitrogens with zero attached hydrogens (tertiary/aromatic N) is 2. The van der Waals surface area contributed by atoms with Crippen molar-refractivity contribution >= 4 is 11.8 Å². The van der Waals surface area contributed by atoms with Gasteiger partial charge in [-0.25, -0.2) is 4.39 Å².